The second kappa shape index (κ2) is 12.6. The number of aromatic nitrogens is 1. The first-order chi connectivity index (χ1) is 22.6. The Labute approximate surface area is 271 Å². The molecular weight excluding hydrogens is 641 g/mol. The molecule has 0 saturated carbocycles. The number of amides is 2. The predicted octanol–water partition coefficient (Wildman–Crippen LogP) is 7.17. The van der Waals surface area contributed by atoms with Crippen molar-refractivity contribution in [1.29, 1.82) is 0 Å². The van der Waals surface area contributed by atoms with E-state index in [0.717, 1.165) is 5.57 Å². The van der Waals surface area contributed by atoms with Crippen molar-refractivity contribution in [3.05, 3.63) is 100 Å². The maximum Gasteiger partial charge on any atom is 0.455 e. The highest BCUT2D eigenvalue weighted by atomic mass is 19.4. The van der Waals surface area contributed by atoms with Gasteiger partial charge in [-0.2, -0.15) is 26.3 Å². The summed E-state index contributed by atoms with van der Waals surface area (Å²) >= 11 is 0. The lowest BCUT2D eigenvalue weighted by atomic mass is 9.58. The number of alkyl halides is 6. The predicted molar refractivity (Wildman–Crippen MR) is 164 cm³/mol. The molecular formula is C34H29BF6N2O5. The number of benzene rings is 2. The van der Waals surface area contributed by atoms with Crippen molar-refractivity contribution in [2.45, 2.75) is 51.0 Å². The van der Waals surface area contributed by atoms with E-state index in [4.69, 9.17) is 4.65 Å². The van der Waals surface area contributed by atoms with Crippen LogP contribution in [0.1, 0.15) is 48.6 Å². The van der Waals surface area contributed by atoms with Crippen molar-refractivity contribution in [3.63, 3.8) is 0 Å². The van der Waals surface area contributed by atoms with Crippen molar-refractivity contribution in [1.82, 2.24) is 4.98 Å². The van der Waals surface area contributed by atoms with Crippen molar-refractivity contribution in [2.75, 3.05) is 4.90 Å². The lowest BCUT2D eigenvalue weighted by molar-refractivity contribution is -0.143. The Morgan fingerprint density at radius 1 is 0.979 bits per heavy atom. The quantitative estimate of drug-likeness (QED) is 0.125. The van der Waals surface area contributed by atoms with Gasteiger partial charge in [0.2, 0.25) is 11.8 Å². The Bertz CT molecular complexity index is 1780. The summed E-state index contributed by atoms with van der Waals surface area (Å²) in [6.45, 7) is 1.75. The van der Waals surface area contributed by atoms with Crippen molar-refractivity contribution >= 4 is 36.3 Å². The molecule has 2 amide bonds. The molecule has 2 fully saturated rings. The van der Waals surface area contributed by atoms with Crippen LogP contribution in [0.3, 0.4) is 0 Å². The number of nitrogens with zero attached hydrogens (tertiary/aromatic N) is 2. The van der Waals surface area contributed by atoms with Gasteiger partial charge in [0.25, 0.3) is 0 Å². The van der Waals surface area contributed by atoms with Crippen LogP contribution in [0, 0.1) is 17.8 Å². The van der Waals surface area contributed by atoms with Crippen LogP contribution in [-0.4, -0.2) is 40.2 Å². The number of carbonyl (C=O) groups is 2. The summed E-state index contributed by atoms with van der Waals surface area (Å²) in [5, 5.41) is 21.2. The molecule has 2 aliphatic heterocycles. The molecule has 48 heavy (non-hydrogen) atoms. The molecule has 3 heterocycles. The third-order valence-electron chi connectivity index (χ3n) is 9.22. The Morgan fingerprint density at radius 2 is 1.65 bits per heavy atom. The summed E-state index contributed by atoms with van der Waals surface area (Å²) < 4.78 is 87.7. The molecule has 7 nitrogen and oxygen atoms in total. The summed E-state index contributed by atoms with van der Waals surface area (Å²) in [4.78, 5) is 32.4. The first-order valence-electron chi connectivity index (χ1n) is 15.2. The van der Waals surface area contributed by atoms with Gasteiger partial charge in [-0.25, -0.2) is 4.90 Å². The fourth-order valence-electron chi connectivity index (χ4n) is 7.15. The van der Waals surface area contributed by atoms with Crippen LogP contribution >= 0.6 is 0 Å². The standard InChI is InChI=1S/C34H29BF6N2O5/c1-18-12-24-30(32(46)43(31(24)45)23-15-21(33(36,37)38)14-22(16-23)34(39,40)41)25-17-35(47)48-28(29(18)25)10-9-19(26-7-4-5-11-42-26)13-20-6-2-3-8-27(20)44/h2-8,11,13-16,24-25,28,30,44,47H,9-10,12,17H2,1H3/b19-13-/t24-,25+,28-,30-/m1/s1. The molecule has 0 spiro atoms. The van der Waals surface area contributed by atoms with Gasteiger partial charge in [-0.05, 0) is 92.0 Å². The molecule has 250 valence electrons. The van der Waals surface area contributed by atoms with Gasteiger partial charge >= 0.3 is 19.5 Å². The summed E-state index contributed by atoms with van der Waals surface area (Å²) in [7, 11) is -1.35. The number of halogens is 6. The zero-order chi connectivity index (χ0) is 34.5. The Balaban J connectivity index is 1.32. The number of para-hydroxylation sites is 1. The van der Waals surface area contributed by atoms with Gasteiger partial charge in [-0.1, -0.05) is 29.8 Å². The van der Waals surface area contributed by atoms with Crippen LogP contribution < -0.4 is 4.90 Å². The van der Waals surface area contributed by atoms with Crippen LogP contribution in [0.15, 0.2) is 78.0 Å². The fourth-order valence-corrected chi connectivity index (χ4v) is 7.15. The number of imide groups is 1. The molecule has 1 aliphatic carbocycles. The van der Waals surface area contributed by atoms with Gasteiger partial charge < -0.3 is 14.8 Å². The van der Waals surface area contributed by atoms with E-state index in [1.807, 2.05) is 6.07 Å². The number of hydrogen-bond acceptors (Lipinski definition) is 6. The molecule has 2 aromatic carbocycles. The normalized spacial score (nSPS) is 23.5. The fraction of sp³-hybridized carbons (Fsp3) is 0.324. The molecule has 0 radical (unpaired) electrons. The highest BCUT2D eigenvalue weighted by molar-refractivity contribution is 6.43. The number of aromatic hydroxyl groups is 1. The minimum Gasteiger partial charge on any atom is -0.507 e. The number of phenolic OH excluding ortho intramolecular Hbond substituents is 1. The van der Waals surface area contributed by atoms with Gasteiger partial charge in [0.05, 0.1) is 40.4 Å². The minimum absolute atomic E-state index is 0.0411. The maximum absolute atomic E-state index is 13.9. The first kappa shape index (κ1) is 33.5. The molecule has 0 unspecified atom stereocenters. The lowest BCUT2D eigenvalue weighted by Crippen LogP contribution is -2.46. The highest BCUT2D eigenvalue weighted by Gasteiger charge is 2.57. The number of allylic oxidation sites excluding steroid dienone is 2. The van der Waals surface area contributed by atoms with E-state index in [-0.39, 0.29) is 24.6 Å². The average molecular weight is 670 g/mol. The number of carbonyl (C=O) groups excluding carboxylic acids is 2. The Kier molecular flexibility index (Phi) is 8.75. The number of anilines is 1. The topological polar surface area (TPSA) is 100.0 Å². The summed E-state index contributed by atoms with van der Waals surface area (Å²) in [6.07, 6.45) is -7.05. The number of phenols is 1. The molecule has 4 atom stereocenters. The van der Waals surface area contributed by atoms with Crippen LogP contribution in [0.2, 0.25) is 6.32 Å². The van der Waals surface area contributed by atoms with Gasteiger partial charge in [-0.15, -0.1) is 0 Å². The number of rotatable bonds is 6. The molecule has 0 bridgehead atoms. The van der Waals surface area contributed by atoms with Crippen molar-refractivity contribution in [2.24, 2.45) is 17.8 Å². The van der Waals surface area contributed by atoms with Gasteiger partial charge in [-0.3, -0.25) is 14.6 Å². The zero-order valence-electron chi connectivity index (χ0n) is 25.4. The first-order valence-corrected chi connectivity index (χ1v) is 15.2. The van der Waals surface area contributed by atoms with Crippen LogP contribution in [-0.2, 0) is 26.6 Å². The molecule has 14 heteroatoms. The molecule has 2 N–H and O–H groups in total. The summed E-state index contributed by atoms with van der Waals surface area (Å²) in [5.74, 6) is -4.65. The maximum atomic E-state index is 13.9. The monoisotopic (exact) mass is 670 g/mol. The van der Waals surface area contributed by atoms with E-state index >= 15 is 0 Å². The van der Waals surface area contributed by atoms with E-state index in [1.165, 1.54) is 0 Å². The Hall–Kier alpha value is -4.43. The van der Waals surface area contributed by atoms with Crippen LogP contribution in [0.25, 0.3) is 11.6 Å². The number of fused-ring (bicyclic) bond motifs is 3. The molecule has 1 aromatic heterocycles. The second-order valence-electron chi connectivity index (χ2n) is 12.3. The zero-order valence-corrected chi connectivity index (χ0v) is 25.4. The third kappa shape index (κ3) is 6.38. The van der Waals surface area contributed by atoms with Gasteiger partial charge in [0.1, 0.15) is 5.75 Å². The SMILES string of the molecule is CC1=C2[C@@H](CC/C(=C/c3ccccc3O)c3ccccn3)OB(O)C[C@@H]2[C@@H]2C(=O)N(c3cc(C(F)(F)F)cc(C(F)(F)F)c3)C(=O)[C@@H]2C1. The third-order valence-corrected chi connectivity index (χ3v) is 9.22. The highest BCUT2D eigenvalue weighted by Crippen LogP contribution is 2.52. The van der Waals surface area contributed by atoms with Crippen LogP contribution in [0.4, 0.5) is 32.0 Å². The van der Waals surface area contributed by atoms with Gasteiger partial charge in [0.15, 0.2) is 0 Å². The average Bonchev–Trinajstić information content (AvgIpc) is 3.27. The van der Waals surface area contributed by atoms with E-state index in [2.05, 4.69) is 4.98 Å². The van der Waals surface area contributed by atoms with Crippen LogP contribution in [0.5, 0.6) is 5.75 Å². The summed E-state index contributed by atoms with van der Waals surface area (Å²) in [5.41, 5.74) is -0.783. The van der Waals surface area contributed by atoms with E-state index < -0.39 is 72.0 Å². The second-order valence-corrected chi connectivity index (χ2v) is 12.3. The smallest absolute Gasteiger partial charge is 0.455 e. The van der Waals surface area contributed by atoms with E-state index in [1.54, 1.807) is 55.6 Å². The van der Waals surface area contributed by atoms with E-state index in [9.17, 15) is 46.1 Å². The van der Waals surface area contributed by atoms with Gasteiger partial charge in [0, 0.05) is 11.8 Å². The Morgan fingerprint density at radius 3 is 2.27 bits per heavy atom. The largest absolute Gasteiger partial charge is 0.507 e. The molecule has 2 saturated heterocycles. The molecule has 3 aromatic rings. The summed E-state index contributed by atoms with van der Waals surface area (Å²) in [6, 6.07) is 12.8. The molecule has 3 aliphatic rings. The molecule has 6 rings (SSSR count). The van der Waals surface area contributed by atoms with E-state index in [0.29, 0.717) is 52.3 Å². The van der Waals surface area contributed by atoms with Crippen molar-refractivity contribution < 1.29 is 50.7 Å². The lowest BCUT2D eigenvalue weighted by Gasteiger charge is -2.42. The number of hydrogen-bond donors (Lipinski definition) is 2. The number of pyridine rings is 1. The van der Waals surface area contributed by atoms with Crippen molar-refractivity contribution in [3.8, 4) is 5.75 Å². The minimum atomic E-state index is -5.17.